The first-order valence-electron chi connectivity index (χ1n) is 7.20. The zero-order valence-electron chi connectivity index (χ0n) is 13.2. The van der Waals surface area contributed by atoms with Gasteiger partial charge in [-0.05, 0) is 29.0 Å². The van der Waals surface area contributed by atoms with E-state index in [4.69, 9.17) is 27.0 Å². The molecule has 0 unspecified atom stereocenters. The molecule has 24 heavy (non-hydrogen) atoms. The van der Waals surface area contributed by atoms with E-state index in [1.807, 2.05) is 0 Å². The summed E-state index contributed by atoms with van der Waals surface area (Å²) in [5, 5.41) is 14.1. The molecule has 0 fully saturated rings. The van der Waals surface area contributed by atoms with Crippen LogP contribution < -0.4 is 4.74 Å². The van der Waals surface area contributed by atoms with E-state index in [1.54, 1.807) is 26.1 Å². The van der Waals surface area contributed by atoms with Gasteiger partial charge in [0.2, 0.25) is 5.88 Å². The van der Waals surface area contributed by atoms with E-state index in [-0.39, 0.29) is 13.0 Å². The molecule has 0 spiro atoms. The molecule has 0 aliphatic carbocycles. The summed E-state index contributed by atoms with van der Waals surface area (Å²) in [6, 6.07) is 1.66. The fraction of sp³-hybridized carbons (Fsp3) is 0.400. The number of nitrogens with zero attached hydrogens (tertiary/aromatic N) is 5. The average Bonchev–Trinajstić information content (AvgIpc) is 2.50. The molecule has 0 saturated carbocycles. The van der Waals surface area contributed by atoms with Gasteiger partial charge in [0.25, 0.3) is 0 Å². The normalized spacial score (nSPS) is 11.1. The van der Waals surface area contributed by atoms with E-state index in [0.717, 1.165) is 5.39 Å². The summed E-state index contributed by atoms with van der Waals surface area (Å²) in [4.78, 5) is 21.7. The summed E-state index contributed by atoms with van der Waals surface area (Å²) < 4.78 is 5.58. The van der Waals surface area contributed by atoms with Gasteiger partial charge in [0, 0.05) is 23.7 Å². The van der Waals surface area contributed by atoms with Crippen LogP contribution in [-0.4, -0.2) is 27.7 Å². The van der Waals surface area contributed by atoms with Gasteiger partial charge in [-0.2, -0.15) is 0 Å². The van der Waals surface area contributed by atoms with Crippen molar-refractivity contribution in [2.24, 2.45) is 5.11 Å². The first-order chi connectivity index (χ1) is 11.3. The van der Waals surface area contributed by atoms with Gasteiger partial charge >= 0.3 is 5.97 Å². The monoisotopic (exact) mass is 349 g/mol. The van der Waals surface area contributed by atoms with Crippen LogP contribution in [0.2, 0.25) is 5.15 Å². The van der Waals surface area contributed by atoms with E-state index in [9.17, 15) is 4.79 Å². The number of halogens is 1. The van der Waals surface area contributed by atoms with Crippen LogP contribution in [0.15, 0.2) is 23.6 Å². The number of pyridine rings is 2. The molecular weight excluding hydrogens is 334 g/mol. The summed E-state index contributed by atoms with van der Waals surface area (Å²) in [6.07, 6.45) is 3.49. The Morgan fingerprint density at radius 2 is 2.17 bits per heavy atom. The minimum atomic E-state index is -0.878. The maximum Gasteiger partial charge on any atom is 0.303 e. The summed E-state index contributed by atoms with van der Waals surface area (Å²) in [7, 11) is 0. The predicted octanol–water partition coefficient (Wildman–Crippen LogP) is 4.07. The molecule has 126 valence electrons. The minimum Gasteiger partial charge on any atom is -0.481 e. The lowest BCUT2D eigenvalue weighted by atomic mass is 9.93. The first kappa shape index (κ1) is 17.8. The van der Waals surface area contributed by atoms with Crippen molar-refractivity contribution in [1.29, 1.82) is 0 Å². The number of fused-ring (bicyclic) bond motifs is 1. The number of carbonyl (C=O) groups is 1. The summed E-state index contributed by atoms with van der Waals surface area (Å²) in [5.74, 6) is -0.545. The van der Waals surface area contributed by atoms with Crippen molar-refractivity contribution in [3.63, 3.8) is 0 Å². The number of aromatic nitrogens is 2. The molecule has 0 amide bonds. The van der Waals surface area contributed by atoms with E-state index in [0.29, 0.717) is 28.4 Å². The maximum absolute atomic E-state index is 10.5. The van der Waals surface area contributed by atoms with Crippen LogP contribution in [0.4, 0.5) is 0 Å². The van der Waals surface area contributed by atoms with Crippen molar-refractivity contribution in [3.05, 3.63) is 39.6 Å². The van der Waals surface area contributed by atoms with Crippen LogP contribution in [0.3, 0.4) is 0 Å². The van der Waals surface area contributed by atoms with Gasteiger partial charge in [-0.15, -0.1) is 0 Å². The van der Waals surface area contributed by atoms with E-state index in [1.165, 1.54) is 6.20 Å². The Morgan fingerprint density at radius 3 is 2.83 bits per heavy atom. The Balaban J connectivity index is 2.42. The molecule has 2 rings (SSSR count). The number of carboxylic acids is 1. The Labute approximate surface area is 143 Å². The topological polar surface area (TPSA) is 121 Å². The first-order valence-corrected chi connectivity index (χ1v) is 7.58. The summed E-state index contributed by atoms with van der Waals surface area (Å²) in [6.45, 7) is 3.76. The molecule has 0 saturated heterocycles. The highest BCUT2D eigenvalue weighted by molar-refractivity contribution is 6.30. The molecule has 0 bridgehead atoms. The average molecular weight is 350 g/mol. The lowest BCUT2D eigenvalue weighted by Gasteiger charge is -2.21. The Bertz CT molecular complexity index is 818. The third kappa shape index (κ3) is 4.04. The number of hydrogen-bond donors (Lipinski definition) is 1. The van der Waals surface area contributed by atoms with Crippen molar-refractivity contribution < 1.29 is 14.6 Å². The van der Waals surface area contributed by atoms with Gasteiger partial charge in [0.1, 0.15) is 5.15 Å². The number of azide groups is 1. The van der Waals surface area contributed by atoms with Crippen molar-refractivity contribution in [2.75, 3.05) is 6.61 Å². The molecule has 2 aromatic rings. The van der Waals surface area contributed by atoms with Crippen LogP contribution in [0, 0.1) is 0 Å². The zero-order valence-corrected chi connectivity index (χ0v) is 14.0. The smallest absolute Gasteiger partial charge is 0.303 e. The van der Waals surface area contributed by atoms with Crippen LogP contribution in [0.25, 0.3) is 21.2 Å². The summed E-state index contributed by atoms with van der Waals surface area (Å²) in [5.41, 5.74) is 8.62. The highest BCUT2D eigenvalue weighted by Crippen LogP contribution is 2.35. The third-order valence-corrected chi connectivity index (χ3v) is 3.64. The predicted molar refractivity (Wildman–Crippen MR) is 89.1 cm³/mol. The standard InChI is InChI=1S/C15H16ClN5O3/c1-15(2,20-21-17)11-8-19-14(24-5-3-4-13(22)23)10-7-18-12(16)6-9(10)11/h6-8H,3-5H2,1-2H3,(H,22,23). The van der Waals surface area contributed by atoms with Gasteiger partial charge in [-0.3, -0.25) is 4.79 Å². The minimum absolute atomic E-state index is 0.0179. The highest BCUT2D eigenvalue weighted by atomic mass is 35.5. The second-order valence-corrected chi connectivity index (χ2v) is 6.01. The Morgan fingerprint density at radius 1 is 1.42 bits per heavy atom. The number of rotatable bonds is 7. The molecule has 1 N–H and O–H groups in total. The molecule has 8 nitrogen and oxygen atoms in total. The number of hydrogen-bond acceptors (Lipinski definition) is 5. The zero-order chi connectivity index (χ0) is 17.7. The van der Waals surface area contributed by atoms with Crippen molar-refractivity contribution in [2.45, 2.75) is 32.2 Å². The molecule has 0 radical (unpaired) electrons. The van der Waals surface area contributed by atoms with Crippen molar-refractivity contribution in [3.8, 4) is 5.88 Å². The SMILES string of the molecule is CC(C)(N=[N+]=[N-])c1cnc(OCCCC(=O)O)c2cnc(Cl)cc12. The van der Waals surface area contributed by atoms with Gasteiger partial charge in [-0.25, -0.2) is 9.97 Å². The Hall–Kier alpha value is -2.57. The molecule has 2 aromatic heterocycles. The lowest BCUT2D eigenvalue weighted by Crippen LogP contribution is -2.14. The molecule has 9 heteroatoms. The quantitative estimate of drug-likeness (QED) is 0.265. The van der Waals surface area contributed by atoms with Crippen LogP contribution in [0.5, 0.6) is 5.88 Å². The van der Waals surface area contributed by atoms with E-state index >= 15 is 0 Å². The van der Waals surface area contributed by atoms with Crippen LogP contribution >= 0.6 is 11.6 Å². The largest absolute Gasteiger partial charge is 0.481 e. The third-order valence-electron chi connectivity index (χ3n) is 3.43. The molecule has 2 heterocycles. The molecule has 0 aliphatic heterocycles. The van der Waals surface area contributed by atoms with Gasteiger partial charge < -0.3 is 9.84 Å². The molecular formula is C15H16ClN5O3. The summed E-state index contributed by atoms with van der Waals surface area (Å²) >= 11 is 5.99. The van der Waals surface area contributed by atoms with Crippen molar-refractivity contribution in [1.82, 2.24) is 9.97 Å². The second kappa shape index (κ2) is 7.33. The maximum atomic E-state index is 10.5. The Kier molecular flexibility index (Phi) is 5.43. The second-order valence-electron chi connectivity index (χ2n) is 5.62. The number of carboxylic acid groups (broad SMARTS) is 1. The number of aliphatic carboxylic acids is 1. The van der Waals surface area contributed by atoms with Gasteiger partial charge in [-0.1, -0.05) is 30.6 Å². The molecule has 0 atom stereocenters. The molecule has 0 aromatic carbocycles. The fourth-order valence-electron chi connectivity index (χ4n) is 2.25. The van der Waals surface area contributed by atoms with Crippen LogP contribution in [-0.2, 0) is 10.3 Å². The van der Waals surface area contributed by atoms with E-state index in [2.05, 4.69) is 20.0 Å². The van der Waals surface area contributed by atoms with E-state index < -0.39 is 11.5 Å². The fourth-order valence-corrected chi connectivity index (χ4v) is 2.40. The van der Waals surface area contributed by atoms with Crippen molar-refractivity contribution >= 4 is 28.3 Å². The van der Waals surface area contributed by atoms with Gasteiger partial charge in [0.15, 0.2) is 0 Å². The number of ether oxygens (including phenoxy) is 1. The van der Waals surface area contributed by atoms with Crippen LogP contribution in [0.1, 0.15) is 32.3 Å². The van der Waals surface area contributed by atoms with Gasteiger partial charge in [0.05, 0.1) is 17.5 Å². The highest BCUT2D eigenvalue weighted by Gasteiger charge is 2.23. The molecule has 0 aliphatic rings. The lowest BCUT2D eigenvalue weighted by molar-refractivity contribution is -0.137.